The average molecular weight is 310 g/mol. The van der Waals surface area contributed by atoms with Crippen molar-refractivity contribution < 1.29 is 9.53 Å². The lowest BCUT2D eigenvalue weighted by Gasteiger charge is -2.13. The zero-order valence-corrected chi connectivity index (χ0v) is 14.1. The minimum Gasteiger partial charge on any atom is -0.469 e. The smallest absolute Gasteiger partial charge is 0.306 e. The second-order valence-electron chi connectivity index (χ2n) is 6.00. The summed E-state index contributed by atoms with van der Waals surface area (Å²) >= 11 is 1.88. The molecule has 1 heterocycles. The van der Waals surface area contributed by atoms with Gasteiger partial charge >= 0.3 is 5.97 Å². The molecule has 0 aliphatic heterocycles. The van der Waals surface area contributed by atoms with Crippen LogP contribution in [0.5, 0.6) is 0 Å². The van der Waals surface area contributed by atoms with E-state index in [0.29, 0.717) is 12.5 Å². The van der Waals surface area contributed by atoms with Crippen molar-refractivity contribution in [1.82, 2.24) is 9.78 Å². The van der Waals surface area contributed by atoms with Crippen molar-refractivity contribution in [2.75, 3.05) is 12.9 Å². The normalized spacial score (nSPS) is 16.2. The molecule has 4 nitrogen and oxygen atoms in total. The third-order valence-corrected chi connectivity index (χ3v) is 5.66. The van der Waals surface area contributed by atoms with Gasteiger partial charge in [-0.1, -0.05) is 13.8 Å². The molecule has 0 N–H and O–H groups in total. The lowest BCUT2D eigenvalue weighted by Crippen LogP contribution is -2.13. The number of ether oxygens (including phenoxy) is 1. The van der Waals surface area contributed by atoms with Crippen LogP contribution in [-0.2, 0) is 15.3 Å². The predicted octanol–water partition coefficient (Wildman–Crippen LogP) is 3.82. The lowest BCUT2D eigenvalue weighted by molar-refractivity contribution is -0.141. The molecule has 0 saturated heterocycles. The Morgan fingerprint density at radius 1 is 1.48 bits per heavy atom. The summed E-state index contributed by atoms with van der Waals surface area (Å²) in [6, 6.07) is 2.63. The van der Waals surface area contributed by atoms with Gasteiger partial charge in [-0.3, -0.25) is 9.48 Å². The molecule has 1 saturated carbocycles. The number of esters is 1. The summed E-state index contributed by atoms with van der Waals surface area (Å²) in [7, 11) is 1.47. The van der Waals surface area contributed by atoms with Crippen molar-refractivity contribution in [1.29, 1.82) is 0 Å². The van der Waals surface area contributed by atoms with Crippen molar-refractivity contribution in [3.05, 3.63) is 18.0 Å². The highest BCUT2D eigenvalue weighted by molar-refractivity contribution is 7.98. The van der Waals surface area contributed by atoms with Gasteiger partial charge in [0.2, 0.25) is 0 Å². The summed E-state index contributed by atoms with van der Waals surface area (Å²) in [6.07, 6.45) is 7.20. The van der Waals surface area contributed by atoms with E-state index < -0.39 is 0 Å². The molecular formula is C16H26N2O2S. The van der Waals surface area contributed by atoms with Crippen LogP contribution in [0, 0.1) is 5.41 Å². The van der Waals surface area contributed by atoms with Gasteiger partial charge in [0.25, 0.3) is 0 Å². The Hall–Kier alpha value is -0.970. The Bertz CT molecular complexity index is 465. The summed E-state index contributed by atoms with van der Waals surface area (Å²) in [5.41, 5.74) is 1.34. The maximum absolute atomic E-state index is 11.4. The van der Waals surface area contributed by atoms with Crippen LogP contribution < -0.4 is 0 Å². The van der Waals surface area contributed by atoms with Gasteiger partial charge < -0.3 is 4.74 Å². The van der Waals surface area contributed by atoms with E-state index in [0.717, 1.165) is 42.9 Å². The molecule has 1 aromatic rings. The minimum atomic E-state index is -0.0777. The SMILES string of the molecule is CCC(CC)n1ccc(CSCC2(CC(=O)OC)CC2)n1. The third kappa shape index (κ3) is 4.50. The van der Waals surface area contributed by atoms with Gasteiger partial charge in [-0.2, -0.15) is 16.9 Å². The van der Waals surface area contributed by atoms with E-state index in [1.165, 1.54) is 7.11 Å². The quantitative estimate of drug-likeness (QED) is 0.650. The van der Waals surface area contributed by atoms with Crippen molar-refractivity contribution in [2.24, 2.45) is 5.41 Å². The first kappa shape index (κ1) is 16.4. The number of thioether (sulfide) groups is 1. The highest BCUT2D eigenvalue weighted by Gasteiger charge is 2.44. The fourth-order valence-corrected chi connectivity index (χ4v) is 3.91. The second-order valence-corrected chi connectivity index (χ2v) is 6.99. The van der Waals surface area contributed by atoms with E-state index in [4.69, 9.17) is 4.74 Å². The number of methoxy groups -OCH3 is 1. The summed E-state index contributed by atoms with van der Waals surface area (Å²) in [5, 5.41) is 4.67. The molecule has 0 spiro atoms. The van der Waals surface area contributed by atoms with Crippen LogP contribution in [0.3, 0.4) is 0 Å². The predicted molar refractivity (Wildman–Crippen MR) is 86.3 cm³/mol. The molecule has 0 atom stereocenters. The van der Waals surface area contributed by atoms with Gasteiger partial charge in [0.15, 0.2) is 0 Å². The van der Waals surface area contributed by atoms with Crippen molar-refractivity contribution in [3.63, 3.8) is 0 Å². The van der Waals surface area contributed by atoms with E-state index in [-0.39, 0.29) is 11.4 Å². The molecule has 1 aliphatic rings. The van der Waals surface area contributed by atoms with E-state index in [1.54, 1.807) is 0 Å². The zero-order valence-electron chi connectivity index (χ0n) is 13.3. The van der Waals surface area contributed by atoms with E-state index in [1.807, 2.05) is 11.8 Å². The summed E-state index contributed by atoms with van der Waals surface area (Å²) in [4.78, 5) is 11.4. The molecule has 5 heteroatoms. The fourth-order valence-electron chi connectivity index (χ4n) is 2.62. The number of rotatable bonds is 9. The molecule has 0 radical (unpaired) electrons. The maximum Gasteiger partial charge on any atom is 0.306 e. The van der Waals surface area contributed by atoms with Crippen LogP contribution in [0.1, 0.15) is 57.7 Å². The Balaban J connectivity index is 1.78. The first-order chi connectivity index (χ1) is 10.1. The minimum absolute atomic E-state index is 0.0777. The molecule has 1 fully saturated rings. The average Bonchev–Trinajstić information content (AvgIpc) is 3.08. The molecule has 0 bridgehead atoms. The topological polar surface area (TPSA) is 44.1 Å². The number of nitrogens with zero attached hydrogens (tertiary/aromatic N) is 2. The van der Waals surface area contributed by atoms with Crippen LogP contribution in [0.15, 0.2) is 12.3 Å². The van der Waals surface area contributed by atoms with Crippen molar-refractivity contribution >= 4 is 17.7 Å². The monoisotopic (exact) mass is 310 g/mol. The van der Waals surface area contributed by atoms with Gasteiger partial charge in [0.1, 0.15) is 0 Å². The molecule has 0 amide bonds. The van der Waals surface area contributed by atoms with Gasteiger partial charge in [-0.05, 0) is 42.9 Å². The second kappa shape index (κ2) is 7.34. The molecule has 1 aliphatic carbocycles. The van der Waals surface area contributed by atoms with Gasteiger partial charge in [0.05, 0.1) is 25.3 Å². The molecule has 118 valence electrons. The first-order valence-corrected chi connectivity index (χ1v) is 8.96. The number of hydrogen-bond donors (Lipinski definition) is 0. The van der Waals surface area contributed by atoms with Gasteiger partial charge in [-0.25, -0.2) is 0 Å². The molecule has 2 rings (SSSR count). The lowest BCUT2D eigenvalue weighted by atomic mass is 10.1. The number of carbonyl (C=O) groups is 1. The van der Waals surface area contributed by atoms with Crippen LogP contribution in [-0.4, -0.2) is 28.6 Å². The van der Waals surface area contributed by atoms with Gasteiger partial charge in [-0.15, -0.1) is 0 Å². The van der Waals surface area contributed by atoms with Crippen LogP contribution in [0.25, 0.3) is 0 Å². The van der Waals surface area contributed by atoms with Crippen LogP contribution >= 0.6 is 11.8 Å². The first-order valence-electron chi connectivity index (χ1n) is 7.81. The summed E-state index contributed by atoms with van der Waals surface area (Å²) < 4.78 is 6.88. The molecular weight excluding hydrogens is 284 g/mol. The number of carbonyl (C=O) groups excluding carboxylic acids is 1. The van der Waals surface area contributed by atoms with Crippen molar-refractivity contribution in [3.8, 4) is 0 Å². The Morgan fingerprint density at radius 2 is 2.19 bits per heavy atom. The molecule has 1 aromatic heterocycles. The van der Waals surface area contributed by atoms with Crippen LogP contribution in [0.2, 0.25) is 0 Å². The molecule has 21 heavy (non-hydrogen) atoms. The molecule has 0 aromatic carbocycles. The largest absolute Gasteiger partial charge is 0.469 e. The molecule has 0 unspecified atom stereocenters. The van der Waals surface area contributed by atoms with E-state index in [9.17, 15) is 4.79 Å². The number of hydrogen-bond acceptors (Lipinski definition) is 4. The Kier molecular flexibility index (Phi) is 5.73. The summed E-state index contributed by atoms with van der Waals surface area (Å²) in [5.74, 6) is 1.88. The highest BCUT2D eigenvalue weighted by atomic mass is 32.2. The highest BCUT2D eigenvalue weighted by Crippen LogP contribution is 2.51. The number of aromatic nitrogens is 2. The van der Waals surface area contributed by atoms with Crippen LogP contribution in [0.4, 0.5) is 0 Å². The van der Waals surface area contributed by atoms with Gasteiger partial charge in [0, 0.05) is 11.9 Å². The van der Waals surface area contributed by atoms with E-state index >= 15 is 0 Å². The Labute approximate surface area is 131 Å². The Morgan fingerprint density at radius 3 is 2.76 bits per heavy atom. The van der Waals surface area contributed by atoms with E-state index in [2.05, 4.69) is 35.9 Å². The van der Waals surface area contributed by atoms with Crippen molar-refractivity contribution in [2.45, 2.75) is 57.7 Å². The zero-order chi connectivity index (χ0) is 15.3. The maximum atomic E-state index is 11.4. The fraction of sp³-hybridized carbons (Fsp3) is 0.750. The third-order valence-electron chi connectivity index (χ3n) is 4.34. The summed E-state index contributed by atoms with van der Waals surface area (Å²) in [6.45, 7) is 4.40. The standard InChI is InChI=1S/C16H26N2O2S/c1-4-14(5-2)18-9-6-13(17-18)11-21-12-16(7-8-16)10-15(19)20-3/h6,9,14H,4-5,7-8,10-12H2,1-3H3.